The Kier molecular flexibility index (Phi) is 4.53. The molecule has 7 heteroatoms. The van der Waals surface area contributed by atoms with Crippen molar-refractivity contribution >= 4 is 9.84 Å². The number of halogens is 3. The van der Waals surface area contributed by atoms with E-state index < -0.39 is 38.8 Å². The van der Waals surface area contributed by atoms with E-state index in [0.29, 0.717) is 12.0 Å². The van der Waals surface area contributed by atoms with Gasteiger partial charge in [0.25, 0.3) is 6.43 Å². The van der Waals surface area contributed by atoms with E-state index in [1.54, 1.807) is 6.92 Å². The predicted molar refractivity (Wildman–Crippen MR) is 88.8 cm³/mol. The standard InChI is InChI=1S/C18H17F3O3S/c1-3-11-4-5-12(8-13(11)19)24-14-6-7-15-16(17(14)18(20)21)10(2)9-25(15,22)23/h4-8,15-16,18H,2-3,9H2,1H3. The monoisotopic (exact) mass is 370 g/mol. The molecule has 1 aromatic rings. The average molecular weight is 370 g/mol. The summed E-state index contributed by atoms with van der Waals surface area (Å²) in [5, 5.41) is -1.05. The highest BCUT2D eigenvalue weighted by Crippen LogP contribution is 2.43. The minimum Gasteiger partial charge on any atom is -0.457 e. The van der Waals surface area contributed by atoms with Gasteiger partial charge >= 0.3 is 0 Å². The smallest absolute Gasteiger partial charge is 0.264 e. The lowest BCUT2D eigenvalue weighted by molar-refractivity contribution is 0.170. The molecule has 1 aliphatic carbocycles. The normalized spacial score (nSPS) is 24.8. The Labute approximate surface area is 144 Å². The summed E-state index contributed by atoms with van der Waals surface area (Å²) in [7, 11) is -3.54. The molecule has 0 spiro atoms. The molecule has 0 aromatic heterocycles. The van der Waals surface area contributed by atoms with Gasteiger partial charge in [-0.2, -0.15) is 0 Å². The maximum atomic E-state index is 13.9. The van der Waals surface area contributed by atoms with E-state index in [1.807, 2.05) is 0 Å². The van der Waals surface area contributed by atoms with Crippen molar-refractivity contribution < 1.29 is 26.3 Å². The maximum absolute atomic E-state index is 13.9. The predicted octanol–water partition coefficient (Wildman–Crippen LogP) is 3.83. The molecule has 2 unspecified atom stereocenters. The molecule has 25 heavy (non-hydrogen) atoms. The van der Waals surface area contributed by atoms with Crippen molar-refractivity contribution in [1.29, 1.82) is 0 Å². The second-order valence-corrected chi connectivity index (χ2v) is 8.25. The number of hydrogen-bond acceptors (Lipinski definition) is 3. The summed E-state index contributed by atoms with van der Waals surface area (Å²) in [5.41, 5.74) is 0.293. The fraction of sp³-hybridized carbons (Fsp3) is 0.333. The number of rotatable bonds is 4. The third-order valence-corrected chi connectivity index (χ3v) is 6.53. The molecular formula is C18H17F3O3S. The van der Waals surface area contributed by atoms with E-state index in [0.717, 1.165) is 6.07 Å². The molecule has 1 saturated heterocycles. The van der Waals surface area contributed by atoms with Crippen molar-refractivity contribution in [3.8, 4) is 5.75 Å². The van der Waals surface area contributed by atoms with E-state index in [1.165, 1.54) is 24.3 Å². The molecule has 2 atom stereocenters. The molecule has 1 fully saturated rings. The molecule has 0 amide bonds. The fourth-order valence-corrected chi connectivity index (χ4v) is 5.25. The number of hydrogen-bond donors (Lipinski definition) is 0. The van der Waals surface area contributed by atoms with Crippen LogP contribution in [-0.2, 0) is 16.3 Å². The first-order valence-electron chi connectivity index (χ1n) is 7.80. The number of benzene rings is 1. The number of allylic oxidation sites excluding steroid dienone is 2. The van der Waals surface area contributed by atoms with E-state index in [4.69, 9.17) is 4.74 Å². The third-order valence-electron chi connectivity index (χ3n) is 4.49. The first kappa shape index (κ1) is 17.8. The van der Waals surface area contributed by atoms with Crippen molar-refractivity contribution in [2.24, 2.45) is 5.92 Å². The maximum Gasteiger partial charge on any atom is 0.264 e. The summed E-state index contributed by atoms with van der Waals surface area (Å²) in [6, 6.07) is 4.16. The van der Waals surface area contributed by atoms with Crippen LogP contribution in [0, 0.1) is 11.7 Å². The number of fused-ring (bicyclic) bond motifs is 1. The van der Waals surface area contributed by atoms with Crippen molar-refractivity contribution in [2.45, 2.75) is 25.0 Å². The molecule has 134 valence electrons. The van der Waals surface area contributed by atoms with Gasteiger partial charge in [-0.15, -0.1) is 0 Å². The van der Waals surface area contributed by atoms with Gasteiger partial charge in [0, 0.05) is 17.6 Å². The van der Waals surface area contributed by atoms with Gasteiger partial charge in [-0.25, -0.2) is 21.6 Å². The van der Waals surface area contributed by atoms with E-state index in [9.17, 15) is 21.6 Å². The SMILES string of the molecule is C=C1CS(=O)(=O)C2C=CC(Oc3ccc(CC)c(F)c3)=C(C(F)F)C12. The Balaban J connectivity index is 2.01. The minimum absolute atomic E-state index is 0.0809. The molecule has 1 aliphatic heterocycles. The van der Waals surface area contributed by atoms with Crippen LogP contribution < -0.4 is 4.74 Å². The number of aryl methyl sites for hydroxylation is 1. The van der Waals surface area contributed by atoms with Crippen LogP contribution in [0.3, 0.4) is 0 Å². The van der Waals surface area contributed by atoms with Crippen LogP contribution in [0.25, 0.3) is 0 Å². The second kappa shape index (κ2) is 6.37. The lowest BCUT2D eigenvalue weighted by Crippen LogP contribution is -2.29. The van der Waals surface area contributed by atoms with E-state index >= 15 is 0 Å². The van der Waals surface area contributed by atoms with Crippen molar-refractivity contribution in [3.63, 3.8) is 0 Å². The summed E-state index contributed by atoms with van der Waals surface area (Å²) < 4.78 is 70.8. The van der Waals surface area contributed by atoms with Crippen LogP contribution >= 0.6 is 0 Å². The van der Waals surface area contributed by atoms with Gasteiger partial charge in [0.1, 0.15) is 17.3 Å². The zero-order chi connectivity index (χ0) is 18.4. The molecule has 0 N–H and O–H groups in total. The van der Waals surface area contributed by atoms with E-state index in [2.05, 4.69) is 6.58 Å². The van der Waals surface area contributed by atoms with Crippen LogP contribution in [0.15, 0.2) is 53.8 Å². The quantitative estimate of drug-likeness (QED) is 0.757. The lowest BCUT2D eigenvalue weighted by Gasteiger charge is -2.26. The fourth-order valence-electron chi connectivity index (χ4n) is 3.28. The number of sulfone groups is 1. The molecule has 1 aromatic carbocycles. The largest absolute Gasteiger partial charge is 0.457 e. The van der Waals surface area contributed by atoms with Crippen LogP contribution in [0.5, 0.6) is 5.75 Å². The van der Waals surface area contributed by atoms with Gasteiger partial charge in [0.15, 0.2) is 9.84 Å². The van der Waals surface area contributed by atoms with Gasteiger partial charge < -0.3 is 4.74 Å². The molecular weight excluding hydrogens is 353 g/mol. The highest BCUT2D eigenvalue weighted by Gasteiger charge is 2.48. The van der Waals surface area contributed by atoms with E-state index in [-0.39, 0.29) is 22.8 Å². The summed E-state index contributed by atoms with van der Waals surface area (Å²) in [6.45, 7) is 5.45. The van der Waals surface area contributed by atoms with Crippen LogP contribution in [0.2, 0.25) is 0 Å². The first-order chi connectivity index (χ1) is 11.7. The molecule has 3 rings (SSSR count). The topological polar surface area (TPSA) is 43.4 Å². The van der Waals surface area contributed by atoms with Crippen LogP contribution in [0.4, 0.5) is 13.2 Å². The Hall–Kier alpha value is -2.02. The summed E-state index contributed by atoms with van der Waals surface area (Å²) in [5.74, 6) is -1.89. The summed E-state index contributed by atoms with van der Waals surface area (Å²) in [4.78, 5) is 0. The van der Waals surface area contributed by atoms with Gasteiger partial charge in [-0.3, -0.25) is 0 Å². The van der Waals surface area contributed by atoms with Crippen molar-refractivity contribution in [3.05, 3.63) is 65.2 Å². The number of ether oxygens (including phenoxy) is 1. The Morgan fingerprint density at radius 1 is 1.36 bits per heavy atom. The van der Waals surface area contributed by atoms with Crippen LogP contribution in [0.1, 0.15) is 12.5 Å². The molecule has 0 radical (unpaired) electrons. The van der Waals surface area contributed by atoms with Gasteiger partial charge in [0.05, 0.1) is 11.0 Å². The molecule has 0 saturated carbocycles. The Morgan fingerprint density at radius 2 is 2.08 bits per heavy atom. The number of alkyl halides is 2. The van der Waals surface area contributed by atoms with Crippen molar-refractivity contribution in [2.75, 3.05) is 5.75 Å². The summed E-state index contributed by atoms with van der Waals surface area (Å²) in [6.07, 6.45) is 0.163. The second-order valence-electron chi connectivity index (χ2n) is 6.10. The molecule has 2 aliphatic rings. The molecule has 3 nitrogen and oxygen atoms in total. The molecule has 0 bridgehead atoms. The summed E-state index contributed by atoms with van der Waals surface area (Å²) >= 11 is 0. The average Bonchev–Trinajstić information content (AvgIpc) is 2.76. The van der Waals surface area contributed by atoms with Gasteiger partial charge in [-0.05, 0) is 24.1 Å². The third kappa shape index (κ3) is 3.13. The van der Waals surface area contributed by atoms with Crippen molar-refractivity contribution in [1.82, 2.24) is 0 Å². The van der Waals surface area contributed by atoms with Gasteiger partial charge in [-0.1, -0.05) is 31.2 Å². The minimum atomic E-state index is -3.54. The zero-order valence-electron chi connectivity index (χ0n) is 13.5. The zero-order valence-corrected chi connectivity index (χ0v) is 14.3. The lowest BCUT2D eigenvalue weighted by atomic mass is 9.85. The first-order valence-corrected chi connectivity index (χ1v) is 9.52. The highest BCUT2D eigenvalue weighted by atomic mass is 32.2. The Bertz CT molecular complexity index is 885. The Morgan fingerprint density at radius 3 is 2.68 bits per heavy atom. The highest BCUT2D eigenvalue weighted by molar-refractivity contribution is 7.92. The van der Waals surface area contributed by atoms with Crippen LogP contribution in [-0.4, -0.2) is 25.8 Å². The molecule has 1 heterocycles. The van der Waals surface area contributed by atoms with Gasteiger partial charge in [0.2, 0.25) is 0 Å².